The molecule has 2 aromatic rings. The molecule has 0 saturated heterocycles. The predicted molar refractivity (Wildman–Crippen MR) is 139 cm³/mol. The number of fused-ring (bicyclic) bond motifs is 1. The zero-order chi connectivity index (χ0) is 24.3. The van der Waals surface area contributed by atoms with Gasteiger partial charge >= 0.3 is 0 Å². The molecule has 182 valence electrons. The third kappa shape index (κ3) is 4.72. The van der Waals surface area contributed by atoms with Crippen molar-refractivity contribution in [3.8, 4) is 0 Å². The molecule has 0 aromatic heterocycles. The van der Waals surface area contributed by atoms with Crippen LogP contribution < -0.4 is 10.4 Å². The second-order valence-corrected chi connectivity index (χ2v) is 15.2. The van der Waals surface area contributed by atoms with E-state index in [4.69, 9.17) is 4.43 Å². The van der Waals surface area contributed by atoms with E-state index >= 15 is 0 Å². The maximum atomic E-state index is 12.8. The fraction of sp³-hybridized carbons (Fsp3) is 0.483. The Kier molecular flexibility index (Phi) is 7.58. The normalized spacial score (nSPS) is 23.3. The summed E-state index contributed by atoms with van der Waals surface area (Å²) < 4.78 is 6.97. The van der Waals surface area contributed by atoms with Crippen molar-refractivity contribution in [2.45, 2.75) is 64.0 Å². The topological polar surface area (TPSA) is 66.8 Å². The second-order valence-electron chi connectivity index (χ2n) is 10.9. The highest BCUT2D eigenvalue weighted by atomic mass is 28.4. The highest BCUT2D eigenvalue weighted by Gasteiger charge is 2.50. The smallest absolute Gasteiger partial charge is 0.261 e. The van der Waals surface area contributed by atoms with Crippen molar-refractivity contribution in [1.82, 2.24) is 0 Å². The van der Waals surface area contributed by atoms with Crippen LogP contribution in [0.15, 0.2) is 71.8 Å². The van der Waals surface area contributed by atoms with E-state index in [0.717, 1.165) is 24.0 Å². The first-order chi connectivity index (χ1) is 16.3. The molecule has 0 aliphatic heterocycles. The number of aliphatic hydroxyl groups excluding tert-OH is 2. The molecule has 2 aliphatic carbocycles. The molecule has 0 unspecified atom stereocenters. The van der Waals surface area contributed by atoms with Crippen LogP contribution in [0.2, 0.25) is 5.04 Å². The van der Waals surface area contributed by atoms with E-state index in [1.165, 1.54) is 10.4 Å². The lowest BCUT2D eigenvalue weighted by Crippen LogP contribution is -2.66. The number of hydrogen-bond acceptors (Lipinski definition) is 4. The van der Waals surface area contributed by atoms with Crippen molar-refractivity contribution >= 4 is 24.5 Å². The monoisotopic (exact) mass is 478 g/mol. The van der Waals surface area contributed by atoms with E-state index in [1.807, 2.05) is 12.1 Å². The summed E-state index contributed by atoms with van der Waals surface area (Å²) >= 11 is 0. The first kappa shape index (κ1) is 25.1. The van der Waals surface area contributed by atoms with Crippen molar-refractivity contribution in [3.63, 3.8) is 0 Å². The predicted octanol–water partition coefficient (Wildman–Crippen LogP) is 3.99. The van der Waals surface area contributed by atoms with Gasteiger partial charge in [0.05, 0.1) is 6.10 Å². The first-order valence-electron chi connectivity index (χ1n) is 12.6. The molecule has 0 bridgehead atoms. The zero-order valence-electron chi connectivity index (χ0n) is 20.7. The van der Waals surface area contributed by atoms with Crippen LogP contribution in [0.25, 0.3) is 0 Å². The molecule has 4 rings (SSSR count). The number of carbonyl (C=O) groups excluding carboxylic acids is 1. The first-order valence-corrected chi connectivity index (χ1v) is 14.5. The van der Waals surface area contributed by atoms with Crippen molar-refractivity contribution in [3.05, 3.63) is 71.8 Å². The van der Waals surface area contributed by atoms with Gasteiger partial charge in [0.15, 0.2) is 5.78 Å². The van der Waals surface area contributed by atoms with Crippen molar-refractivity contribution < 1.29 is 19.4 Å². The molecule has 0 amide bonds. The molecule has 0 radical (unpaired) electrons. The Hall–Kier alpha value is -2.05. The average Bonchev–Trinajstić information content (AvgIpc) is 3.14. The van der Waals surface area contributed by atoms with Gasteiger partial charge in [0, 0.05) is 19.6 Å². The SMILES string of the molecule is CC(C)(C)[Si](OCCCC1=C2[C@H](CC1=O)C[C@@H](CO)C[C@H]2O)(c1ccccc1)c1ccccc1. The largest absolute Gasteiger partial charge is 0.407 e. The van der Waals surface area contributed by atoms with Crippen LogP contribution in [0.5, 0.6) is 0 Å². The highest BCUT2D eigenvalue weighted by Crippen LogP contribution is 2.44. The Morgan fingerprint density at radius 3 is 2.09 bits per heavy atom. The van der Waals surface area contributed by atoms with E-state index in [1.54, 1.807) is 0 Å². The summed E-state index contributed by atoms with van der Waals surface area (Å²) in [4.78, 5) is 12.8. The minimum atomic E-state index is -2.58. The quantitative estimate of drug-likeness (QED) is 0.445. The number of hydrogen-bond donors (Lipinski definition) is 2. The summed E-state index contributed by atoms with van der Waals surface area (Å²) in [6.45, 7) is 7.45. The Morgan fingerprint density at radius 1 is 0.971 bits per heavy atom. The van der Waals surface area contributed by atoms with Crippen LogP contribution in [-0.4, -0.2) is 43.6 Å². The minimum Gasteiger partial charge on any atom is -0.407 e. The third-order valence-corrected chi connectivity index (χ3v) is 12.7. The van der Waals surface area contributed by atoms with Gasteiger partial charge in [-0.2, -0.15) is 0 Å². The van der Waals surface area contributed by atoms with Gasteiger partial charge < -0.3 is 14.6 Å². The molecule has 1 saturated carbocycles. The highest BCUT2D eigenvalue weighted by molar-refractivity contribution is 6.99. The van der Waals surface area contributed by atoms with Crippen LogP contribution in [-0.2, 0) is 9.22 Å². The van der Waals surface area contributed by atoms with Gasteiger partial charge in [0.1, 0.15) is 0 Å². The fourth-order valence-corrected chi connectivity index (χ4v) is 10.8. The van der Waals surface area contributed by atoms with E-state index in [9.17, 15) is 15.0 Å². The zero-order valence-corrected chi connectivity index (χ0v) is 21.7. The molecule has 2 aliphatic rings. The van der Waals surface area contributed by atoms with Crippen molar-refractivity contribution in [1.29, 1.82) is 0 Å². The fourth-order valence-electron chi connectivity index (χ4n) is 6.16. The number of rotatable bonds is 8. The molecule has 2 N–H and O–H groups in total. The Balaban J connectivity index is 1.56. The summed E-state index contributed by atoms with van der Waals surface area (Å²) in [5.74, 6) is 0.360. The number of aliphatic hydroxyl groups is 2. The molecule has 0 heterocycles. The van der Waals surface area contributed by atoms with Gasteiger partial charge in [0.2, 0.25) is 0 Å². The lowest BCUT2D eigenvalue weighted by Gasteiger charge is -2.43. The number of ketones is 1. The molecular formula is C29H38O4Si. The number of carbonyl (C=O) groups is 1. The molecule has 5 heteroatoms. The van der Waals surface area contributed by atoms with Crippen LogP contribution in [0.1, 0.15) is 52.9 Å². The third-order valence-electron chi connectivity index (χ3n) is 7.65. The molecule has 1 fully saturated rings. The van der Waals surface area contributed by atoms with Gasteiger partial charge in [-0.25, -0.2) is 0 Å². The van der Waals surface area contributed by atoms with Gasteiger partial charge in [0.25, 0.3) is 8.32 Å². The van der Waals surface area contributed by atoms with Crippen LogP contribution in [0.3, 0.4) is 0 Å². The van der Waals surface area contributed by atoms with Crippen LogP contribution in [0.4, 0.5) is 0 Å². The Bertz CT molecular complexity index is 970. The van der Waals surface area contributed by atoms with Crippen molar-refractivity contribution in [2.24, 2.45) is 11.8 Å². The maximum Gasteiger partial charge on any atom is 0.261 e. The van der Waals surface area contributed by atoms with Gasteiger partial charge in [-0.3, -0.25) is 4.79 Å². The summed E-state index contributed by atoms with van der Waals surface area (Å²) in [5.41, 5.74) is 1.76. The Labute approximate surface area is 204 Å². The summed E-state index contributed by atoms with van der Waals surface area (Å²) in [5, 5.41) is 22.7. The molecule has 3 atom stereocenters. The summed E-state index contributed by atoms with van der Waals surface area (Å²) in [7, 11) is -2.58. The van der Waals surface area contributed by atoms with Crippen LogP contribution in [0, 0.1) is 11.8 Å². The number of benzene rings is 2. The lowest BCUT2D eigenvalue weighted by molar-refractivity contribution is -0.115. The number of Topliss-reactive ketones (excluding diaryl/α,β-unsaturated/α-hetero) is 1. The maximum absolute atomic E-state index is 12.8. The molecule has 34 heavy (non-hydrogen) atoms. The van der Waals surface area contributed by atoms with Crippen LogP contribution >= 0.6 is 0 Å². The van der Waals surface area contributed by atoms with E-state index in [-0.39, 0.29) is 29.3 Å². The van der Waals surface area contributed by atoms with Gasteiger partial charge in [-0.15, -0.1) is 0 Å². The van der Waals surface area contributed by atoms with E-state index in [2.05, 4.69) is 69.3 Å². The average molecular weight is 479 g/mol. The molecule has 2 aromatic carbocycles. The molecule has 4 nitrogen and oxygen atoms in total. The summed E-state index contributed by atoms with van der Waals surface area (Å²) in [6, 6.07) is 21.2. The minimum absolute atomic E-state index is 0.0786. The van der Waals surface area contributed by atoms with E-state index < -0.39 is 14.4 Å². The van der Waals surface area contributed by atoms with Crippen molar-refractivity contribution in [2.75, 3.05) is 13.2 Å². The second kappa shape index (κ2) is 10.3. The van der Waals surface area contributed by atoms with Gasteiger partial charge in [-0.1, -0.05) is 81.4 Å². The molecular weight excluding hydrogens is 440 g/mol. The summed E-state index contributed by atoms with van der Waals surface area (Å²) in [6.07, 6.45) is 2.62. The number of allylic oxidation sites excluding steroid dienone is 1. The standard InChI is InChI=1S/C29H38O4Si/c1-29(2,3)34(23-11-6-4-7-12-23,24-13-8-5-9-14-24)33-16-10-15-25-26(31)19-22-17-21(20-30)18-27(32)28(22)25/h4-9,11-14,21-22,27,30,32H,10,15-20H2,1-3H3/t21-,22+,27-/m1/s1. The Morgan fingerprint density at radius 2 is 1.56 bits per heavy atom. The lowest BCUT2D eigenvalue weighted by atomic mass is 9.77. The molecule has 0 spiro atoms. The van der Waals surface area contributed by atoms with Gasteiger partial charge in [-0.05, 0) is 64.1 Å². The van der Waals surface area contributed by atoms with E-state index in [0.29, 0.717) is 25.9 Å².